The lowest BCUT2D eigenvalue weighted by molar-refractivity contribution is -0.117. The Labute approximate surface area is 188 Å². The van der Waals surface area contributed by atoms with Crippen LogP contribution in [-0.4, -0.2) is 49.3 Å². The molecule has 170 valence electrons. The van der Waals surface area contributed by atoms with Crippen molar-refractivity contribution in [3.8, 4) is 0 Å². The summed E-state index contributed by atoms with van der Waals surface area (Å²) in [4.78, 5) is 14.4. The maximum atomic E-state index is 12.8. The summed E-state index contributed by atoms with van der Waals surface area (Å²) in [6, 6.07) is 15.6. The maximum Gasteiger partial charge on any atom is 0.243 e. The molecule has 0 saturated carbocycles. The van der Waals surface area contributed by atoms with Gasteiger partial charge in [-0.2, -0.15) is 4.31 Å². The smallest absolute Gasteiger partial charge is 0.243 e. The van der Waals surface area contributed by atoms with Crippen LogP contribution in [0.2, 0.25) is 0 Å². The van der Waals surface area contributed by atoms with Crippen LogP contribution in [0.1, 0.15) is 22.6 Å². The largest absolute Gasteiger partial charge is 0.361 e. The number of carbonyl (C=O) groups excluding carboxylic acids is 1. The number of amides is 1. The molecule has 0 bridgehead atoms. The van der Waals surface area contributed by atoms with E-state index in [-0.39, 0.29) is 23.9 Å². The standard InChI is InChI=1S/C23H28N4O4S/c1-17-22(18(2)31-25-17)15-26(3)16-23(28)24-20-10-12-21(13-11-20)32(29,30)27(4)14-19-8-6-5-7-9-19/h5-13H,14-16H2,1-4H3,(H,24,28). The number of aromatic nitrogens is 1. The summed E-state index contributed by atoms with van der Waals surface area (Å²) < 4.78 is 32.1. The van der Waals surface area contributed by atoms with Crippen LogP contribution in [0.3, 0.4) is 0 Å². The summed E-state index contributed by atoms with van der Waals surface area (Å²) in [6.45, 7) is 4.70. The molecule has 2 aromatic carbocycles. The third-order valence-corrected chi connectivity index (χ3v) is 6.93. The molecular formula is C23H28N4O4S. The molecule has 1 heterocycles. The summed E-state index contributed by atoms with van der Waals surface area (Å²) in [5.74, 6) is 0.542. The van der Waals surface area contributed by atoms with Crippen molar-refractivity contribution < 1.29 is 17.7 Å². The van der Waals surface area contributed by atoms with E-state index >= 15 is 0 Å². The summed E-state index contributed by atoms with van der Waals surface area (Å²) in [5.41, 5.74) is 3.21. The molecule has 0 aliphatic heterocycles. The first kappa shape index (κ1) is 23.6. The van der Waals surface area contributed by atoms with Gasteiger partial charge in [-0.25, -0.2) is 8.42 Å². The molecule has 0 radical (unpaired) electrons. The van der Waals surface area contributed by atoms with Crippen molar-refractivity contribution in [2.24, 2.45) is 0 Å². The Hall–Kier alpha value is -3.01. The first-order chi connectivity index (χ1) is 15.2. The van der Waals surface area contributed by atoms with Gasteiger partial charge in [0.05, 0.1) is 17.1 Å². The number of hydrogen-bond donors (Lipinski definition) is 1. The molecule has 3 aromatic rings. The molecule has 0 aliphatic carbocycles. The van der Waals surface area contributed by atoms with Crippen molar-refractivity contribution in [2.75, 3.05) is 26.0 Å². The molecule has 0 aliphatic rings. The van der Waals surface area contributed by atoms with Gasteiger partial charge in [0.1, 0.15) is 5.76 Å². The Balaban J connectivity index is 1.58. The molecule has 32 heavy (non-hydrogen) atoms. The number of nitrogens with one attached hydrogen (secondary N) is 1. The number of nitrogens with zero attached hydrogens (tertiary/aromatic N) is 3. The van der Waals surface area contributed by atoms with E-state index < -0.39 is 10.0 Å². The molecule has 0 unspecified atom stereocenters. The first-order valence-corrected chi connectivity index (χ1v) is 11.6. The molecule has 8 nitrogen and oxygen atoms in total. The number of aryl methyl sites for hydroxylation is 2. The van der Waals surface area contributed by atoms with Gasteiger partial charge in [0.15, 0.2) is 0 Å². The Kier molecular flexibility index (Phi) is 7.44. The van der Waals surface area contributed by atoms with Crippen LogP contribution in [-0.2, 0) is 27.9 Å². The van der Waals surface area contributed by atoms with Crippen LogP contribution in [0.5, 0.6) is 0 Å². The van der Waals surface area contributed by atoms with Crippen LogP contribution in [0, 0.1) is 13.8 Å². The Morgan fingerprint density at radius 2 is 1.66 bits per heavy atom. The predicted octanol–water partition coefficient (Wildman–Crippen LogP) is 3.18. The second-order valence-electron chi connectivity index (χ2n) is 7.79. The minimum Gasteiger partial charge on any atom is -0.361 e. The van der Waals surface area contributed by atoms with Crippen LogP contribution < -0.4 is 5.32 Å². The van der Waals surface area contributed by atoms with Gasteiger partial charge in [0.2, 0.25) is 15.9 Å². The van der Waals surface area contributed by atoms with Crippen molar-refractivity contribution in [1.29, 1.82) is 0 Å². The molecule has 0 saturated heterocycles. The van der Waals surface area contributed by atoms with Gasteiger partial charge < -0.3 is 9.84 Å². The van der Waals surface area contributed by atoms with Gasteiger partial charge in [-0.1, -0.05) is 35.5 Å². The van der Waals surface area contributed by atoms with Crippen molar-refractivity contribution in [3.63, 3.8) is 0 Å². The molecule has 9 heteroatoms. The highest BCUT2D eigenvalue weighted by molar-refractivity contribution is 7.89. The first-order valence-electron chi connectivity index (χ1n) is 10.2. The average molecular weight is 457 g/mol. The minimum absolute atomic E-state index is 0.171. The number of anilines is 1. The Morgan fingerprint density at radius 1 is 1.00 bits per heavy atom. The summed E-state index contributed by atoms with van der Waals surface area (Å²) in [6.07, 6.45) is 0. The van der Waals surface area contributed by atoms with E-state index in [0.717, 1.165) is 22.6 Å². The number of hydrogen-bond acceptors (Lipinski definition) is 6. The number of carbonyl (C=O) groups is 1. The van der Waals surface area contributed by atoms with Crippen LogP contribution in [0.15, 0.2) is 64.0 Å². The number of likely N-dealkylation sites (N-methyl/N-ethyl adjacent to an activating group) is 1. The van der Waals surface area contributed by atoms with E-state index in [9.17, 15) is 13.2 Å². The quantitative estimate of drug-likeness (QED) is 0.531. The highest BCUT2D eigenvalue weighted by Gasteiger charge is 2.21. The molecule has 1 aromatic heterocycles. The Morgan fingerprint density at radius 3 is 2.25 bits per heavy atom. The topological polar surface area (TPSA) is 95.7 Å². The van der Waals surface area contributed by atoms with Crippen LogP contribution in [0.4, 0.5) is 5.69 Å². The summed E-state index contributed by atoms with van der Waals surface area (Å²) in [7, 11) is -0.256. The lowest BCUT2D eigenvalue weighted by Gasteiger charge is -2.18. The van der Waals surface area contributed by atoms with Crippen molar-refractivity contribution >= 4 is 21.6 Å². The van der Waals surface area contributed by atoms with E-state index in [1.54, 1.807) is 19.2 Å². The third-order valence-electron chi connectivity index (χ3n) is 5.12. The zero-order valence-electron chi connectivity index (χ0n) is 18.7. The minimum atomic E-state index is -3.64. The van der Waals surface area contributed by atoms with Crippen LogP contribution in [0.25, 0.3) is 0 Å². The van der Waals surface area contributed by atoms with Crippen molar-refractivity contribution in [2.45, 2.75) is 31.8 Å². The third kappa shape index (κ3) is 5.82. The second kappa shape index (κ2) is 10.1. The normalized spacial score (nSPS) is 11.8. The summed E-state index contributed by atoms with van der Waals surface area (Å²) >= 11 is 0. The molecule has 1 N–H and O–H groups in total. The van der Waals surface area contributed by atoms with Crippen molar-refractivity contribution in [3.05, 3.63) is 77.2 Å². The molecule has 0 spiro atoms. The fourth-order valence-electron chi connectivity index (χ4n) is 3.31. The molecular weight excluding hydrogens is 428 g/mol. The predicted molar refractivity (Wildman–Crippen MR) is 122 cm³/mol. The molecule has 1 amide bonds. The van der Waals surface area contributed by atoms with Gasteiger partial charge in [-0.05, 0) is 50.7 Å². The number of rotatable bonds is 9. The Bertz CT molecular complexity index is 1140. The van der Waals surface area contributed by atoms with Gasteiger partial charge in [0.25, 0.3) is 0 Å². The fraction of sp³-hybridized carbons (Fsp3) is 0.304. The van der Waals surface area contributed by atoms with E-state index in [4.69, 9.17) is 4.52 Å². The van der Waals surface area contributed by atoms with E-state index in [0.29, 0.717) is 12.2 Å². The van der Waals surface area contributed by atoms with Crippen LogP contribution >= 0.6 is 0 Å². The molecule has 0 fully saturated rings. The number of benzene rings is 2. The zero-order chi connectivity index (χ0) is 23.3. The van der Waals surface area contributed by atoms with Gasteiger partial charge >= 0.3 is 0 Å². The van der Waals surface area contributed by atoms with Gasteiger partial charge in [0, 0.05) is 31.4 Å². The fourth-order valence-corrected chi connectivity index (χ4v) is 4.47. The maximum absolute atomic E-state index is 12.8. The molecule has 3 rings (SSSR count). The second-order valence-corrected chi connectivity index (χ2v) is 9.84. The average Bonchev–Trinajstić information content (AvgIpc) is 3.06. The monoisotopic (exact) mass is 456 g/mol. The SMILES string of the molecule is Cc1noc(C)c1CN(C)CC(=O)Nc1ccc(S(=O)(=O)N(C)Cc2ccccc2)cc1. The summed E-state index contributed by atoms with van der Waals surface area (Å²) in [5, 5.41) is 6.73. The van der Waals surface area contributed by atoms with Crippen molar-refractivity contribution in [1.82, 2.24) is 14.4 Å². The van der Waals surface area contributed by atoms with Gasteiger partial charge in [-0.15, -0.1) is 0 Å². The van der Waals surface area contributed by atoms with Gasteiger partial charge in [-0.3, -0.25) is 9.69 Å². The highest BCUT2D eigenvalue weighted by Crippen LogP contribution is 2.19. The van der Waals surface area contributed by atoms with E-state index in [1.165, 1.54) is 16.4 Å². The number of sulfonamides is 1. The zero-order valence-corrected chi connectivity index (χ0v) is 19.5. The lowest BCUT2D eigenvalue weighted by Crippen LogP contribution is -2.30. The lowest BCUT2D eigenvalue weighted by atomic mass is 10.2. The van der Waals surface area contributed by atoms with E-state index in [1.807, 2.05) is 56.1 Å². The highest BCUT2D eigenvalue weighted by atomic mass is 32.2. The van der Waals surface area contributed by atoms with E-state index in [2.05, 4.69) is 10.5 Å². The molecule has 0 atom stereocenters.